The second-order valence-electron chi connectivity index (χ2n) is 7.83. The van der Waals surface area contributed by atoms with Crippen LogP contribution in [0.25, 0.3) is 0 Å². The molecule has 27 heavy (non-hydrogen) atoms. The summed E-state index contributed by atoms with van der Waals surface area (Å²) in [7, 11) is -3.52. The Morgan fingerprint density at radius 1 is 1.22 bits per heavy atom. The molecule has 0 spiro atoms. The van der Waals surface area contributed by atoms with Gasteiger partial charge in [-0.05, 0) is 69.7 Å². The molecule has 1 heterocycles. The fourth-order valence-corrected chi connectivity index (χ4v) is 5.41. The lowest BCUT2D eigenvalue weighted by Crippen LogP contribution is -2.53. The van der Waals surface area contributed by atoms with Gasteiger partial charge in [-0.3, -0.25) is 4.79 Å². The van der Waals surface area contributed by atoms with Crippen LogP contribution < -0.4 is 11.1 Å². The summed E-state index contributed by atoms with van der Waals surface area (Å²) in [4.78, 5) is 12.8. The van der Waals surface area contributed by atoms with Crippen LogP contribution in [0.15, 0.2) is 29.2 Å². The van der Waals surface area contributed by atoms with Crippen LogP contribution >= 0.6 is 12.4 Å². The summed E-state index contributed by atoms with van der Waals surface area (Å²) in [5.74, 6) is 0.219. The Balaban J connectivity index is 0.00000261. The number of amides is 1. The highest BCUT2D eigenvalue weighted by Gasteiger charge is 2.41. The summed E-state index contributed by atoms with van der Waals surface area (Å²) in [6.07, 6.45) is 5.01. The SMILES string of the molecule is CC1CCCCN1S(=O)(=O)c1ccc(C(=O)NC(C)(CN)C2CC2)cc1.Cl. The van der Waals surface area contributed by atoms with Crippen LogP contribution in [0.2, 0.25) is 0 Å². The molecule has 1 aromatic rings. The van der Waals surface area contributed by atoms with Crippen molar-refractivity contribution in [3.05, 3.63) is 29.8 Å². The maximum atomic E-state index is 12.9. The largest absolute Gasteiger partial charge is 0.345 e. The van der Waals surface area contributed by atoms with Gasteiger partial charge in [0.25, 0.3) is 5.91 Å². The van der Waals surface area contributed by atoms with E-state index in [-0.39, 0.29) is 29.3 Å². The fourth-order valence-electron chi connectivity index (χ4n) is 3.71. The topological polar surface area (TPSA) is 92.5 Å². The van der Waals surface area contributed by atoms with Crippen LogP contribution in [-0.4, -0.2) is 43.3 Å². The van der Waals surface area contributed by atoms with Crippen molar-refractivity contribution in [3.63, 3.8) is 0 Å². The van der Waals surface area contributed by atoms with Gasteiger partial charge in [0.1, 0.15) is 0 Å². The number of nitrogens with zero attached hydrogens (tertiary/aromatic N) is 1. The van der Waals surface area contributed by atoms with Gasteiger partial charge >= 0.3 is 0 Å². The van der Waals surface area contributed by atoms with Crippen LogP contribution in [0.3, 0.4) is 0 Å². The third-order valence-electron chi connectivity index (χ3n) is 5.77. The number of rotatable bonds is 6. The van der Waals surface area contributed by atoms with Crippen LogP contribution in [-0.2, 0) is 10.0 Å². The van der Waals surface area contributed by atoms with Gasteiger partial charge in [0.2, 0.25) is 10.0 Å². The van der Waals surface area contributed by atoms with Crippen LogP contribution in [0.5, 0.6) is 0 Å². The zero-order valence-corrected chi connectivity index (χ0v) is 17.6. The molecule has 6 nitrogen and oxygen atoms in total. The lowest BCUT2D eigenvalue weighted by molar-refractivity contribution is 0.0897. The van der Waals surface area contributed by atoms with Gasteiger partial charge in [0.05, 0.1) is 10.4 Å². The second-order valence-corrected chi connectivity index (χ2v) is 9.73. The average Bonchev–Trinajstić information content (AvgIpc) is 3.47. The van der Waals surface area contributed by atoms with Gasteiger partial charge in [-0.2, -0.15) is 4.31 Å². The van der Waals surface area contributed by atoms with Gasteiger partial charge in [-0.1, -0.05) is 6.42 Å². The summed E-state index contributed by atoms with van der Waals surface area (Å²) in [5, 5.41) is 3.03. The summed E-state index contributed by atoms with van der Waals surface area (Å²) >= 11 is 0. The Hall–Kier alpha value is -1.15. The van der Waals surface area contributed by atoms with Crippen molar-refractivity contribution in [1.82, 2.24) is 9.62 Å². The molecule has 2 atom stereocenters. The molecule has 1 aromatic carbocycles. The Kier molecular flexibility index (Phi) is 6.95. The summed E-state index contributed by atoms with van der Waals surface area (Å²) in [6, 6.07) is 6.24. The number of hydrogen-bond acceptors (Lipinski definition) is 4. The van der Waals surface area contributed by atoms with Crippen molar-refractivity contribution in [1.29, 1.82) is 0 Å². The number of carbonyl (C=O) groups excluding carboxylic acids is 1. The first-order valence-corrected chi connectivity index (χ1v) is 10.9. The van der Waals surface area contributed by atoms with Gasteiger partial charge in [0.15, 0.2) is 0 Å². The second kappa shape index (κ2) is 8.47. The maximum absolute atomic E-state index is 12.9. The maximum Gasteiger partial charge on any atom is 0.251 e. The van der Waals surface area contributed by atoms with E-state index in [1.54, 1.807) is 16.4 Å². The monoisotopic (exact) mass is 415 g/mol. The lowest BCUT2D eigenvalue weighted by atomic mass is 9.95. The van der Waals surface area contributed by atoms with Gasteiger partial charge in [-0.15, -0.1) is 12.4 Å². The molecular weight excluding hydrogens is 386 g/mol. The molecule has 152 valence electrons. The molecule has 1 aliphatic heterocycles. The number of halogens is 1. The predicted molar refractivity (Wildman–Crippen MR) is 109 cm³/mol. The van der Waals surface area contributed by atoms with E-state index in [4.69, 9.17) is 5.73 Å². The molecule has 2 aliphatic rings. The highest BCUT2D eigenvalue weighted by atomic mass is 35.5. The third kappa shape index (κ3) is 4.65. The van der Waals surface area contributed by atoms with E-state index in [2.05, 4.69) is 5.32 Å². The van der Waals surface area contributed by atoms with Crippen molar-refractivity contribution in [2.75, 3.05) is 13.1 Å². The number of benzene rings is 1. The minimum Gasteiger partial charge on any atom is -0.345 e. The lowest BCUT2D eigenvalue weighted by Gasteiger charge is -2.32. The highest BCUT2D eigenvalue weighted by Crippen LogP contribution is 2.39. The molecule has 2 unspecified atom stereocenters. The Bertz CT molecular complexity index is 765. The molecule has 2 fully saturated rings. The van der Waals surface area contributed by atoms with Crippen LogP contribution in [0.1, 0.15) is 56.3 Å². The third-order valence-corrected chi connectivity index (χ3v) is 7.79. The molecule has 8 heteroatoms. The molecule has 1 aliphatic carbocycles. The number of carbonyl (C=O) groups is 1. The number of nitrogens with two attached hydrogens (primary N) is 1. The van der Waals surface area contributed by atoms with Gasteiger partial charge in [-0.25, -0.2) is 8.42 Å². The first-order chi connectivity index (χ1) is 12.3. The Morgan fingerprint density at radius 3 is 2.37 bits per heavy atom. The van der Waals surface area contributed by atoms with E-state index < -0.39 is 15.6 Å². The first-order valence-electron chi connectivity index (χ1n) is 9.42. The zero-order valence-electron chi connectivity index (χ0n) is 16.0. The number of piperidine rings is 1. The fraction of sp³-hybridized carbons (Fsp3) is 0.632. The molecule has 0 radical (unpaired) electrons. The first kappa shape index (κ1) is 22.1. The molecule has 0 aromatic heterocycles. The minimum absolute atomic E-state index is 0. The van der Waals surface area contributed by atoms with Crippen molar-refractivity contribution in [3.8, 4) is 0 Å². The summed E-state index contributed by atoms with van der Waals surface area (Å²) in [5.41, 5.74) is 5.91. The molecule has 1 amide bonds. The van der Waals surface area contributed by atoms with Crippen molar-refractivity contribution < 1.29 is 13.2 Å². The molecule has 3 rings (SSSR count). The van der Waals surface area contributed by atoms with E-state index >= 15 is 0 Å². The minimum atomic E-state index is -3.52. The number of hydrogen-bond donors (Lipinski definition) is 2. The highest BCUT2D eigenvalue weighted by molar-refractivity contribution is 7.89. The molecule has 1 saturated heterocycles. The molecule has 3 N–H and O–H groups in total. The van der Waals surface area contributed by atoms with E-state index in [0.717, 1.165) is 32.1 Å². The van der Waals surface area contributed by atoms with Crippen LogP contribution in [0.4, 0.5) is 0 Å². The van der Waals surface area contributed by atoms with E-state index in [9.17, 15) is 13.2 Å². The summed E-state index contributed by atoms with van der Waals surface area (Å²) < 4.78 is 27.3. The normalized spacial score (nSPS) is 23.1. The van der Waals surface area contributed by atoms with E-state index in [1.165, 1.54) is 12.1 Å². The average molecular weight is 416 g/mol. The van der Waals surface area contributed by atoms with Crippen molar-refractivity contribution in [2.45, 2.75) is 62.4 Å². The van der Waals surface area contributed by atoms with E-state index in [0.29, 0.717) is 24.6 Å². The Morgan fingerprint density at radius 2 is 1.85 bits per heavy atom. The quantitative estimate of drug-likeness (QED) is 0.746. The summed E-state index contributed by atoms with van der Waals surface area (Å²) in [6.45, 7) is 4.87. The van der Waals surface area contributed by atoms with E-state index in [1.807, 2.05) is 13.8 Å². The number of nitrogens with one attached hydrogen (secondary N) is 1. The molecule has 0 bridgehead atoms. The van der Waals surface area contributed by atoms with Crippen molar-refractivity contribution in [2.24, 2.45) is 11.7 Å². The number of sulfonamides is 1. The Labute approximate surface area is 168 Å². The standard InChI is InChI=1S/C19H29N3O3S.ClH/c1-14-5-3-4-12-22(14)26(24,25)17-10-6-15(7-11-17)18(23)21-19(2,13-20)16-8-9-16;/h6-7,10-11,14,16H,3-5,8-9,12-13,20H2,1-2H3,(H,21,23);1H. The zero-order chi connectivity index (χ0) is 18.9. The van der Waals surface area contributed by atoms with Gasteiger partial charge in [0, 0.05) is 24.7 Å². The smallest absolute Gasteiger partial charge is 0.251 e. The predicted octanol–water partition coefficient (Wildman–Crippen LogP) is 2.53. The van der Waals surface area contributed by atoms with Crippen LogP contribution in [0, 0.1) is 5.92 Å². The van der Waals surface area contributed by atoms with Crippen molar-refractivity contribution >= 4 is 28.3 Å². The molecule has 1 saturated carbocycles. The molecular formula is C19H30ClN3O3S. The van der Waals surface area contributed by atoms with Gasteiger partial charge < -0.3 is 11.1 Å².